The first-order valence-electron chi connectivity index (χ1n) is 23.1. The van der Waals surface area contributed by atoms with Crippen molar-refractivity contribution in [2.75, 3.05) is 6.61 Å². The van der Waals surface area contributed by atoms with Crippen LogP contribution in [0.15, 0.2) is 84.5 Å². The summed E-state index contributed by atoms with van der Waals surface area (Å²) >= 11 is 0. The van der Waals surface area contributed by atoms with Crippen molar-refractivity contribution in [3.63, 3.8) is 0 Å². The van der Waals surface area contributed by atoms with Gasteiger partial charge in [0.2, 0.25) is 0 Å². The Hall–Kier alpha value is -4.32. The summed E-state index contributed by atoms with van der Waals surface area (Å²) in [6, 6.07) is 13.8. The first-order valence-corrected chi connectivity index (χ1v) is 26.0. The van der Waals surface area contributed by atoms with Gasteiger partial charge in [0.05, 0.1) is 24.2 Å². The molecule has 2 N–H and O–H groups in total. The topological polar surface area (TPSA) is 165 Å². The van der Waals surface area contributed by atoms with Gasteiger partial charge in [-0.05, 0) is 86.3 Å². The monoisotopic (exact) mass is 951 g/mol. The molecule has 67 heavy (non-hydrogen) atoms. The van der Waals surface area contributed by atoms with Gasteiger partial charge in [0.15, 0.2) is 25.8 Å². The number of esters is 3. The molecular weight excluding hydrogens is 885 g/mol. The highest BCUT2D eigenvalue weighted by Crippen LogP contribution is 2.67. The molecule has 16 heteroatoms. The standard InChI is InChI=1S/C51H67F2NO12Si/c1-14-35-62-37-36-29(2)33(61-44(58)48(10,66-67(12,13)45(4,5)6)43(49(11,52)53)54-41(56)31-21-17-15-18-22-31)27-51(59,46(36,7)8)40(64-42(57)32-23-19-16-20-24-32)38-47(9,39(37)63-35)26-25-34-50(38,28-60-34)65-30(3)55/h14-24,33-35,37-40,43,59H,1,25-28H2,2-13H3,(H,54,56)/t33-,34+,35+,37+,38-,39+,40-,43+,47+,48+,50-,51+/m0/s1. The molecule has 4 fully saturated rings. The lowest BCUT2D eigenvalue weighted by atomic mass is 9.45. The Bertz CT molecular complexity index is 2300. The number of aliphatic hydroxyl groups is 1. The number of amides is 1. The molecule has 0 aromatic heterocycles. The number of halogens is 2. The van der Waals surface area contributed by atoms with Crippen LogP contribution in [-0.2, 0) is 42.4 Å². The summed E-state index contributed by atoms with van der Waals surface area (Å²) in [7, 11) is -3.19. The van der Waals surface area contributed by atoms with E-state index in [1.165, 1.54) is 32.1 Å². The van der Waals surface area contributed by atoms with E-state index >= 15 is 13.6 Å². The third-order valence-corrected chi connectivity index (χ3v) is 20.6. The minimum Gasteiger partial charge on any atom is -0.456 e. The summed E-state index contributed by atoms with van der Waals surface area (Å²) in [4.78, 5) is 56.9. The van der Waals surface area contributed by atoms with Crippen LogP contribution in [-0.4, -0.2) is 109 Å². The molecule has 0 radical (unpaired) electrons. The van der Waals surface area contributed by atoms with E-state index in [1.54, 1.807) is 82.4 Å². The Morgan fingerprint density at radius 2 is 1.54 bits per heavy atom. The highest BCUT2D eigenvalue weighted by molar-refractivity contribution is 6.74. The maximum atomic E-state index is 16.3. The molecule has 0 spiro atoms. The van der Waals surface area contributed by atoms with E-state index in [1.807, 2.05) is 27.7 Å². The van der Waals surface area contributed by atoms with E-state index in [9.17, 15) is 19.5 Å². The second-order valence-corrected chi connectivity index (χ2v) is 26.4. The van der Waals surface area contributed by atoms with Gasteiger partial charge < -0.3 is 43.3 Å². The number of carbonyl (C=O) groups is 4. The largest absolute Gasteiger partial charge is 0.456 e. The van der Waals surface area contributed by atoms with Crippen LogP contribution < -0.4 is 5.32 Å². The smallest absolute Gasteiger partial charge is 0.340 e. The van der Waals surface area contributed by atoms with Crippen LogP contribution in [0.2, 0.25) is 18.1 Å². The summed E-state index contributed by atoms with van der Waals surface area (Å²) in [6.07, 6.45) is -4.38. The van der Waals surface area contributed by atoms with E-state index in [4.69, 9.17) is 32.8 Å². The van der Waals surface area contributed by atoms with Crippen LogP contribution in [0.4, 0.5) is 8.78 Å². The summed E-state index contributed by atoms with van der Waals surface area (Å²) < 4.78 is 78.6. The first kappa shape index (κ1) is 50.6. The number of benzene rings is 2. The van der Waals surface area contributed by atoms with Crippen LogP contribution in [0, 0.1) is 16.7 Å². The molecule has 5 aliphatic rings. The molecule has 2 saturated carbocycles. The Labute approximate surface area is 393 Å². The number of ether oxygens (including phenoxy) is 6. The molecule has 2 bridgehead atoms. The zero-order valence-electron chi connectivity index (χ0n) is 40.7. The molecule has 366 valence electrons. The molecular formula is C51H67F2NO12Si. The maximum Gasteiger partial charge on any atom is 0.340 e. The lowest BCUT2D eigenvalue weighted by molar-refractivity contribution is -0.345. The van der Waals surface area contributed by atoms with Crippen LogP contribution in [0.3, 0.4) is 0 Å². The number of carbonyl (C=O) groups excluding carboxylic acids is 4. The van der Waals surface area contributed by atoms with Crippen molar-refractivity contribution in [2.24, 2.45) is 16.7 Å². The minimum absolute atomic E-state index is 0.0822. The van der Waals surface area contributed by atoms with E-state index in [2.05, 4.69) is 11.9 Å². The average molecular weight is 952 g/mol. The third kappa shape index (κ3) is 8.40. The normalized spacial score (nSPS) is 33.7. The highest BCUT2D eigenvalue weighted by Gasteiger charge is 2.77. The van der Waals surface area contributed by atoms with Crippen LogP contribution >= 0.6 is 0 Å². The lowest BCUT2D eigenvalue weighted by Crippen LogP contribution is -2.79. The number of hydrogen-bond donors (Lipinski definition) is 2. The van der Waals surface area contributed by atoms with Gasteiger partial charge >= 0.3 is 17.9 Å². The summed E-state index contributed by atoms with van der Waals surface area (Å²) in [6.45, 7) is 23.5. The van der Waals surface area contributed by atoms with Gasteiger partial charge in [-0.2, -0.15) is 0 Å². The van der Waals surface area contributed by atoms with Gasteiger partial charge in [-0.25, -0.2) is 18.4 Å². The molecule has 2 aromatic carbocycles. The highest BCUT2D eigenvalue weighted by atomic mass is 28.4. The predicted molar refractivity (Wildman–Crippen MR) is 245 cm³/mol. The van der Waals surface area contributed by atoms with Crippen molar-refractivity contribution in [3.8, 4) is 0 Å². The van der Waals surface area contributed by atoms with Gasteiger partial charge in [-0.15, -0.1) is 0 Å². The molecule has 12 atom stereocenters. The number of rotatable bonds is 12. The Morgan fingerprint density at radius 1 is 0.940 bits per heavy atom. The Kier molecular flexibility index (Phi) is 13.0. The fraction of sp³-hybridized carbons (Fsp3) is 0.608. The summed E-state index contributed by atoms with van der Waals surface area (Å²) in [5.41, 5.74) is -7.39. The van der Waals surface area contributed by atoms with Gasteiger partial charge in [0.25, 0.3) is 11.8 Å². The fourth-order valence-corrected chi connectivity index (χ4v) is 13.0. The SMILES string of the molecule is C=C[C@@H]1O[C@@H]2C3=C(C)[C@@H](OC(=O)[C@](C)(O[Si](C)(C)C(C)(C)C)[C@@H](NC(=O)c4ccccc4)C(C)(F)F)C[C@@](O)([C@@H](OC(=O)c4ccccc4)[C@H]4[C@@](C)(CC[C@H]5OC[C@]54OC(C)=O)[C@@H]2O1)C3(C)C. The van der Waals surface area contributed by atoms with Crippen LogP contribution in [0.5, 0.6) is 0 Å². The zero-order chi connectivity index (χ0) is 49.5. The van der Waals surface area contributed by atoms with Gasteiger partial charge in [0.1, 0.15) is 36.1 Å². The number of alkyl halides is 2. The minimum atomic E-state index is -3.76. The second-order valence-electron chi connectivity index (χ2n) is 21.7. The molecule has 0 unspecified atom stereocenters. The molecule has 2 aliphatic heterocycles. The number of hydrogen-bond acceptors (Lipinski definition) is 12. The summed E-state index contributed by atoms with van der Waals surface area (Å²) in [5.74, 6) is -8.26. The van der Waals surface area contributed by atoms with Gasteiger partial charge in [-0.1, -0.05) is 84.5 Å². The number of nitrogens with one attached hydrogen (secondary N) is 1. The number of fused-ring (bicyclic) bond motifs is 8. The molecule has 1 amide bonds. The Morgan fingerprint density at radius 3 is 2.06 bits per heavy atom. The van der Waals surface area contributed by atoms with Crippen LogP contribution in [0.1, 0.15) is 109 Å². The molecule has 2 heterocycles. The second kappa shape index (κ2) is 17.3. The van der Waals surface area contributed by atoms with Crippen molar-refractivity contribution >= 4 is 32.1 Å². The van der Waals surface area contributed by atoms with Gasteiger partial charge in [-0.3, -0.25) is 9.59 Å². The van der Waals surface area contributed by atoms with Gasteiger partial charge in [0, 0.05) is 36.7 Å². The zero-order valence-corrected chi connectivity index (χ0v) is 41.7. The fourth-order valence-electron chi connectivity index (χ4n) is 11.5. The average Bonchev–Trinajstić information content (AvgIpc) is 3.66. The van der Waals surface area contributed by atoms with Crippen molar-refractivity contribution in [2.45, 2.75) is 172 Å². The van der Waals surface area contributed by atoms with Crippen molar-refractivity contribution < 1.29 is 65.9 Å². The molecule has 2 aromatic rings. The van der Waals surface area contributed by atoms with E-state index in [-0.39, 0.29) is 17.7 Å². The lowest BCUT2D eigenvalue weighted by Gasteiger charge is -2.68. The molecule has 13 nitrogen and oxygen atoms in total. The molecule has 2 saturated heterocycles. The maximum absolute atomic E-state index is 16.3. The summed E-state index contributed by atoms with van der Waals surface area (Å²) in [5, 5.41) is 15.9. The van der Waals surface area contributed by atoms with E-state index in [0.717, 1.165) is 0 Å². The quantitative estimate of drug-likeness (QED) is 0.0908. The molecule has 3 aliphatic carbocycles. The van der Waals surface area contributed by atoms with E-state index < -0.39 is 126 Å². The predicted octanol–water partition coefficient (Wildman–Crippen LogP) is 8.26. The Balaban J connectivity index is 1.43. The van der Waals surface area contributed by atoms with E-state index in [0.29, 0.717) is 30.9 Å². The molecule has 7 rings (SSSR count). The third-order valence-electron chi connectivity index (χ3n) is 16.0. The van der Waals surface area contributed by atoms with Crippen molar-refractivity contribution in [1.29, 1.82) is 0 Å². The first-order chi connectivity index (χ1) is 31.0. The van der Waals surface area contributed by atoms with Crippen molar-refractivity contribution in [1.82, 2.24) is 5.32 Å². The van der Waals surface area contributed by atoms with Crippen molar-refractivity contribution in [3.05, 3.63) is 95.6 Å². The van der Waals surface area contributed by atoms with Crippen LogP contribution in [0.25, 0.3) is 0 Å².